The molecule has 10 heteroatoms. The number of rotatable bonds is 6. The summed E-state index contributed by atoms with van der Waals surface area (Å²) in [5, 5.41) is 3.18. The predicted molar refractivity (Wildman–Crippen MR) is 128 cm³/mol. The number of nitrogens with one attached hydrogen (secondary N) is 1. The summed E-state index contributed by atoms with van der Waals surface area (Å²) in [5.41, 5.74) is 6.38. The van der Waals surface area contributed by atoms with Gasteiger partial charge in [-0.25, -0.2) is 9.37 Å². The Morgan fingerprint density at radius 3 is 2.75 bits per heavy atom. The highest BCUT2D eigenvalue weighted by Gasteiger charge is 2.42. The van der Waals surface area contributed by atoms with Crippen LogP contribution in [0.1, 0.15) is 36.8 Å². The second-order valence-electron chi connectivity index (χ2n) is 8.15. The van der Waals surface area contributed by atoms with Crippen LogP contribution < -0.4 is 11.1 Å². The zero-order valence-electron chi connectivity index (χ0n) is 18.5. The molecule has 0 bridgehead atoms. The van der Waals surface area contributed by atoms with Crippen LogP contribution in [0, 0.1) is 5.82 Å². The number of ether oxygens (including phenoxy) is 1. The highest BCUT2D eigenvalue weighted by atomic mass is 35.5. The minimum Gasteiger partial charge on any atom is -0.386 e. The Balaban J connectivity index is 1.94. The first-order valence-electron chi connectivity index (χ1n) is 10.0. The van der Waals surface area contributed by atoms with Crippen molar-refractivity contribution in [2.75, 3.05) is 31.3 Å². The third-order valence-corrected chi connectivity index (χ3v) is 8.24. The molecule has 2 aromatic rings. The van der Waals surface area contributed by atoms with Crippen molar-refractivity contribution >= 4 is 39.7 Å². The van der Waals surface area contributed by atoms with Crippen molar-refractivity contribution in [1.29, 1.82) is 0 Å². The second kappa shape index (κ2) is 9.64. The van der Waals surface area contributed by atoms with Gasteiger partial charge < -0.3 is 15.8 Å². The van der Waals surface area contributed by atoms with Crippen molar-refractivity contribution < 1.29 is 13.9 Å². The van der Waals surface area contributed by atoms with E-state index >= 15 is 0 Å². The number of nitrogens with two attached hydrogens (primary N) is 1. The lowest BCUT2D eigenvalue weighted by molar-refractivity contribution is 0.102. The Kier molecular flexibility index (Phi) is 7.32. The average Bonchev–Trinajstić information content (AvgIpc) is 2.74. The minimum absolute atomic E-state index is 0.201. The van der Waals surface area contributed by atoms with Crippen molar-refractivity contribution in [2.24, 2.45) is 15.1 Å². The van der Waals surface area contributed by atoms with Crippen LogP contribution in [0.2, 0.25) is 5.02 Å². The molecule has 3 rings (SSSR count). The standard InChI is InChI=1S/C22H27ClFN5O2S/c1-21(2)20(25)29-22(3,13-32(21)27-9-10-31-4)16-11-15(6-7-17(16)24)28-19(30)18-8-5-14(23)12-26-18/h5-8,11-12H,9-10,13H2,1-4H3,(H2,25,29)(H,28,30)/t22-,32-/m0/s1. The van der Waals surface area contributed by atoms with Crippen LogP contribution in [-0.2, 0) is 21.0 Å². The molecule has 0 aliphatic carbocycles. The van der Waals surface area contributed by atoms with Crippen molar-refractivity contribution in [3.8, 4) is 0 Å². The summed E-state index contributed by atoms with van der Waals surface area (Å²) in [6, 6.07) is 7.51. The van der Waals surface area contributed by atoms with Gasteiger partial charge in [-0.05, 0) is 51.1 Å². The van der Waals surface area contributed by atoms with Gasteiger partial charge in [0.2, 0.25) is 0 Å². The monoisotopic (exact) mass is 479 g/mol. The first-order valence-corrected chi connectivity index (χ1v) is 11.8. The highest BCUT2D eigenvalue weighted by Crippen LogP contribution is 2.38. The maximum Gasteiger partial charge on any atom is 0.274 e. The number of hydrogen-bond donors (Lipinski definition) is 2. The van der Waals surface area contributed by atoms with Gasteiger partial charge >= 0.3 is 0 Å². The zero-order chi connectivity index (χ0) is 23.5. The number of pyridine rings is 1. The predicted octanol–water partition coefficient (Wildman–Crippen LogP) is 3.94. The fourth-order valence-corrected chi connectivity index (χ4v) is 5.53. The van der Waals surface area contributed by atoms with E-state index in [1.54, 1.807) is 19.2 Å². The molecular weight excluding hydrogens is 453 g/mol. The van der Waals surface area contributed by atoms with Crippen LogP contribution >= 0.6 is 11.6 Å². The number of methoxy groups -OCH3 is 1. The van der Waals surface area contributed by atoms with Crippen LogP contribution in [-0.4, -0.2) is 47.5 Å². The van der Waals surface area contributed by atoms with Gasteiger partial charge in [-0.15, -0.1) is 0 Å². The minimum atomic E-state index is -0.928. The van der Waals surface area contributed by atoms with Gasteiger partial charge in [0.05, 0.1) is 28.5 Å². The molecule has 172 valence electrons. The van der Waals surface area contributed by atoms with Gasteiger partial charge in [0.25, 0.3) is 5.91 Å². The molecule has 0 radical (unpaired) electrons. The Hall–Kier alpha value is -2.36. The lowest BCUT2D eigenvalue weighted by Gasteiger charge is -2.40. The fraction of sp³-hybridized carbons (Fsp3) is 0.409. The number of aliphatic imine (C=N–C) groups is 1. The average molecular weight is 480 g/mol. The van der Waals surface area contributed by atoms with E-state index in [0.29, 0.717) is 41.0 Å². The molecule has 0 unspecified atom stereocenters. The van der Waals surface area contributed by atoms with E-state index in [0.717, 1.165) is 0 Å². The van der Waals surface area contributed by atoms with Crippen molar-refractivity contribution in [3.05, 3.63) is 58.6 Å². The van der Waals surface area contributed by atoms with Gasteiger partial charge in [0.15, 0.2) is 0 Å². The number of halogens is 2. The molecule has 2 atom stereocenters. The molecule has 2 heterocycles. The number of nitrogens with zero attached hydrogens (tertiary/aromatic N) is 3. The normalized spacial score (nSPS) is 22.4. The van der Waals surface area contributed by atoms with Gasteiger partial charge in [0, 0.05) is 30.3 Å². The third kappa shape index (κ3) is 5.16. The van der Waals surface area contributed by atoms with E-state index in [4.69, 9.17) is 31.4 Å². The van der Waals surface area contributed by atoms with Crippen LogP contribution in [0.5, 0.6) is 0 Å². The van der Waals surface area contributed by atoms with E-state index < -0.39 is 32.7 Å². The van der Waals surface area contributed by atoms with Crippen LogP contribution in [0.3, 0.4) is 0 Å². The van der Waals surface area contributed by atoms with E-state index in [2.05, 4.69) is 10.3 Å². The molecule has 1 aromatic heterocycles. The third-order valence-electron chi connectivity index (χ3n) is 5.30. The smallest absolute Gasteiger partial charge is 0.274 e. The highest BCUT2D eigenvalue weighted by molar-refractivity contribution is 7.89. The summed E-state index contributed by atoms with van der Waals surface area (Å²) in [6.45, 7) is 6.86. The number of carbonyl (C=O) groups is 1. The zero-order valence-corrected chi connectivity index (χ0v) is 20.1. The largest absolute Gasteiger partial charge is 0.386 e. The molecule has 0 spiro atoms. The maximum atomic E-state index is 15.0. The Morgan fingerprint density at radius 1 is 1.34 bits per heavy atom. The van der Waals surface area contributed by atoms with Crippen LogP contribution in [0.4, 0.5) is 10.1 Å². The SMILES string of the molecule is COCCN=[S@]1C[C@@](C)(c2cc(NC(=O)c3ccc(Cl)cn3)ccc2F)N=C(N)C1(C)C. The molecule has 1 aliphatic heterocycles. The first kappa shape index (κ1) is 24.3. The van der Waals surface area contributed by atoms with Crippen LogP contribution in [0.15, 0.2) is 45.9 Å². The van der Waals surface area contributed by atoms with Gasteiger partial charge in [-0.2, -0.15) is 0 Å². The van der Waals surface area contributed by atoms with Crippen molar-refractivity contribution in [1.82, 2.24) is 4.98 Å². The summed E-state index contributed by atoms with van der Waals surface area (Å²) >= 11 is 5.83. The number of anilines is 1. The fourth-order valence-electron chi connectivity index (χ4n) is 3.30. The Bertz CT molecular complexity index is 1070. The number of carbonyl (C=O) groups excluding carboxylic acids is 1. The summed E-state index contributed by atoms with van der Waals surface area (Å²) in [7, 11) is 1.12. The van der Waals surface area contributed by atoms with Gasteiger partial charge in [-0.1, -0.05) is 22.3 Å². The van der Waals surface area contributed by atoms with Crippen molar-refractivity contribution in [3.63, 3.8) is 0 Å². The van der Waals surface area contributed by atoms with E-state index in [9.17, 15) is 9.18 Å². The number of benzene rings is 1. The first-order chi connectivity index (χ1) is 15.1. The summed E-state index contributed by atoms with van der Waals surface area (Å²) in [4.78, 5) is 21.2. The summed E-state index contributed by atoms with van der Waals surface area (Å²) in [5.74, 6) is 0.0746. The number of amidine groups is 1. The molecule has 0 saturated heterocycles. The second-order valence-corrected chi connectivity index (χ2v) is 10.9. The van der Waals surface area contributed by atoms with Crippen molar-refractivity contribution in [2.45, 2.75) is 31.1 Å². The lowest BCUT2D eigenvalue weighted by Crippen LogP contribution is -2.52. The number of amides is 1. The molecule has 0 fully saturated rings. The number of aromatic nitrogens is 1. The maximum absolute atomic E-state index is 15.0. The topological polar surface area (TPSA) is 102 Å². The Labute approximate surface area is 194 Å². The molecule has 0 saturated carbocycles. The molecule has 32 heavy (non-hydrogen) atoms. The summed E-state index contributed by atoms with van der Waals surface area (Å²) in [6.07, 6.45) is 1.39. The number of hydrogen-bond acceptors (Lipinski definition) is 6. The molecular formula is C22H27ClFN5O2S. The lowest BCUT2D eigenvalue weighted by atomic mass is 9.92. The molecule has 1 aromatic carbocycles. The molecule has 7 nitrogen and oxygen atoms in total. The van der Waals surface area contributed by atoms with E-state index in [1.165, 1.54) is 24.4 Å². The van der Waals surface area contributed by atoms with E-state index in [-0.39, 0.29) is 5.69 Å². The summed E-state index contributed by atoms with van der Waals surface area (Å²) < 4.78 is 24.4. The molecule has 1 amide bonds. The molecule has 3 N–H and O–H groups in total. The van der Waals surface area contributed by atoms with Gasteiger partial charge in [0.1, 0.15) is 17.3 Å². The van der Waals surface area contributed by atoms with Gasteiger partial charge in [-0.3, -0.25) is 14.1 Å². The quantitative estimate of drug-likeness (QED) is 0.612. The van der Waals surface area contributed by atoms with E-state index in [1.807, 2.05) is 20.8 Å². The molecule has 1 aliphatic rings. The van der Waals surface area contributed by atoms with Crippen LogP contribution in [0.25, 0.3) is 0 Å². The Morgan fingerprint density at radius 2 is 2.09 bits per heavy atom.